The second-order valence-electron chi connectivity index (χ2n) is 7.25. The molecular weight excluding hydrogens is 388 g/mol. The molecule has 1 heterocycles. The molecule has 9 heteroatoms. The molecule has 0 fully saturated rings. The third kappa shape index (κ3) is 7.57. The van der Waals surface area contributed by atoms with Gasteiger partial charge < -0.3 is 25.1 Å². The number of hydrogen-bond acceptors (Lipinski definition) is 6. The van der Waals surface area contributed by atoms with Crippen LogP contribution in [0.3, 0.4) is 0 Å². The van der Waals surface area contributed by atoms with E-state index in [1.807, 2.05) is 44.2 Å². The van der Waals surface area contributed by atoms with Gasteiger partial charge in [-0.1, -0.05) is 44.2 Å². The highest BCUT2D eigenvalue weighted by atomic mass is 16.5. The van der Waals surface area contributed by atoms with Gasteiger partial charge in [-0.25, -0.2) is 14.6 Å². The fourth-order valence-electron chi connectivity index (χ4n) is 2.83. The summed E-state index contributed by atoms with van der Waals surface area (Å²) in [5, 5.41) is 5.25. The number of alkyl carbamates (subject to hydrolysis) is 1. The number of benzene rings is 1. The van der Waals surface area contributed by atoms with E-state index in [0.717, 1.165) is 5.56 Å². The second kappa shape index (κ2) is 11.6. The molecule has 0 bridgehead atoms. The van der Waals surface area contributed by atoms with Gasteiger partial charge in [0, 0.05) is 18.3 Å². The molecule has 0 unspecified atom stereocenters. The Labute approximate surface area is 175 Å². The Morgan fingerprint density at radius 3 is 2.43 bits per heavy atom. The first kappa shape index (κ1) is 22.9. The van der Waals surface area contributed by atoms with Crippen LogP contribution in [0.2, 0.25) is 0 Å². The molecule has 1 aromatic carbocycles. The molecule has 2 atom stereocenters. The normalized spacial score (nSPS) is 12.7. The van der Waals surface area contributed by atoms with Crippen molar-refractivity contribution in [3.8, 4) is 0 Å². The lowest BCUT2D eigenvalue weighted by Gasteiger charge is -2.23. The van der Waals surface area contributed by atoms with Gasteiger partial charge >= 0.3 is 12.1 Å². The van der Waals surface area contributed by atoms with Crippen LogP contribution in [-0.4, -0.2) is 47.1 Å². The van der Waals surface area contributed by atoms with E-state index in [1.54, 1.807) is 6.20 Å². The first-order valence-electron chi connectivity index (χ1n) is 9.71. The number of aromatic nitrogens is 2. The lowest BCUT2D eigenvalue weighted by Crippen LogP contribution is -2.53. The summed E-state index contributed by atoms with van der Waals surface area (Å²) in [6, 6.07) is 7.45. The molecule has 0 saturated heterocycles. The number of methoxy groups -OCH3 is 1. The van der Waals surface area contributed by atoms with Crippen molar-refractivity contribution < 1.29 is 23.9 Å². The molecule has 2 amide bonds. The lowest BCUT2D eigenvalue weighted by molar-refractivity contribution is -0.145. The van der Waals surface area contributed by atoms with E-state index in [-0.39, 0.29) is 18.9 Å². The standard InChI is InChI=1S/C21H28N4O5/c1-14(2)9-17(25-21(28)30-12-15-7-5-4-6-8-15)19(26)24-18(20(27)29-3)10-16-11-22-13-23-16/h4-8,11,13-14,17-18H,9-10,12H2,1-3H3,(H,22,23)(H,24,26)(H,25,28)/t17-,18-/m1/s1. The summed E-state index contributed by atoms with van der Waals surface area (Å²) in [7, 11) is 1.25. The molecule has 2 aromatic rings. The van der Waals surface area contributed by atoms with Gasteiger partial charge in [0.25, 0.3) is 0 Å². The number of carbonyl (C=O) groups excluding carboxylic acids is 3. The number of aromatic amines is 1. The van der Waals surface area contributed by atoms with E-state index < -0.39 is 30.1 Å². The highest BCUT2D eigenvalue weighted by molar-refractivity contribution is 5.89. The van der Waals surface area contributed by atoms with Crippen LogP contribution in [0.15, 0.2) is 42.9 Å². The Balaban J connectivity index is 1.99. The molecular formula is C21H28N4O5. The number of amides is 2. The van der Waals surface area contributed by atoms with Crippen molar-refractivity contribution >= 4 is 18.0 Å². The van der Waals surface area contributed by atoms with Gasteiger partial charge in [0.1, 0.15) is 18.7 Å². The first-order valence-corrected chi connectivity index (χ1v) is 9.71. The SMILES string of the molecule is COC(=O)[C@@H](Cc1cnc[nH]1)NC(=O)[C@@H](CC(C)C)NC(=O)OCc1ccccc1. The van der Waals surface area contributed by atoms with Crippen molar-refractivity contribution in [1.82, 2.24) is 20.6 Å². The molecule has 1 aromatic heterocycles. The summed E-state index contributed by atoms with van der Waals surface area (Å²) in [6.07, 6.45) is 2.91. The van der Waals surface area contributed by atoms with E-state index in [9.17, 15) is 14.4 Å². The number of H-pyrrole nitrogens is 1. The molecule has 2 rings (SSSR count). The average molecular weight is 416 g/mol. The third-order valence-electron chi connectivity index (χ3n) is 4.31. The van der Waals surface area contributed by atoms with Gasteiger partial charge in [0.2, 0.25) is 5.91 Å². The Bertz CT molecular complexity index is 808. The van der Waals surface area contributed by atoms with Crippen LogP contribution in [0.25, 0.3) is 0 Å². The fourth-order valence-corrected chi connectivity index (χ4v) is 2.83. The number of rotatable bonds is 10. The van der Waals surface area contributed by atoms with Crippen LogP contribution < -0.4 is 10.6 Å². The number of ether oxygens (including phenoxy) is 2. The maximum atomic E-state index is 12.8. The van der Waals surface area contributed by atoms with Gasteiger partial charge in [-0.15, -0.1) is 0 Å². The van der Waals surface area contributed by atoms with Crippen molar-refractivity contribution in [2.45, 2.75) is 45.4 Å². The predicted molar refractivity (Wildman–Crippen MR) is 109 cm³/mol. The maximum absolute atomic E-state index is 12.8. The Hall–Kier alpha value is -3.36. The largest absolute Gasteiger partial charge is 0.467 e. The van der Waals surface area contributed by atoms with Gasteiger partial charge in [0.15, 0.2) is 0 Å². The summed E-state index contributed by atoms with van der Waals surface area (Å²) in [6.45, 7) is 3.95. The molecule has 0 radical (unpaired) electrons. The topological polar surface area (TPSA) is 122 Å². The Morgan fingerprint density at radius 2 is 1.83 bits per heavy atom. The van der Waals surface area contributed by atoms with Gasteiger partial charge in [-0.05, 0) is 17.9 Å². The number of esters is 1. The molecule has 30 heavy (non-hydrogen) atoms. The maximum Gasteiger partial charge on any atom is 0.408 e. The van der Waals surface area contributed by atoms with Gasteiger partial charge in [0.05, 0.1) is 13.4 Å². The lowest BCUT2D eigenvalue weighted by atomic mass is 10.0. The van der Waals surface area contributed by atoms with Crippen LogP contribution in [0, 0.1) is 5.92 Å². The summed E-state index contributed by atoms with van der Waals surface area (Å²) in [4.78, 5) is 44.0. The van der Waals surface area contributed by atoms with E-state index in [0.29, 0.717) is 12.1 Å². The monoisotopic (exact) mass is 416 g/mol. The quantitative estimate of drug-likeness (QED) is 0.509. The third-order valence-corrected chi connectivity index (χ3v) is 4.31. The summed E-state index contributed by atoms with van der Waals surface area (Å²) in [5.74, 6) is -0.956. The van der Waals surface area contributed by atoms with Crippen molar-refractivity contribution in [1.29, 1.82) is 0 Å². The first-order chi connectivity index (χ1) is 14.4. The zero-order valence-electron chi connectivity index (χ0n) is 17.4. The van der Waals surface area contributed by atoms with Crippen molar-refractivity contribution in [2.24, 2.45) is 5.92 Å². The summed E-state index contributed by atoms with van der Waals surface area (Å²) >= 11 is 0. The average Bonchev–Trinajstić information content (AvgIpc) is 3.24. The number of nitrogens with zero attached hydrogens (tertiary/aromatic N) is 1. The molecule has 9 nitrogen and oxygen atoms in total. The highest BCUT2D eigenvalue weighted by Crippen LogP contribution is 2.08. The molecule has 0 aliphatic carbocycles. The molecule has 0 saturated carbocycles. The molecule has 0 aliphatic rings. The zero-order valence-corrected chi connectivity index (χ0v) is 17.4. The summed E-state index contributed by atoms with van der Waals surface area (Å²) in [5.41, 5.74) is 1.50. The van der Waals surface area contributed by atoms with Gasteiger partial charge in [-0.2, -0.15) is 0 Å². The summed E-state index contributed by atoms with van der Waals surface area (Å²) < 4.78 is 10.0. The van der Waals surface area contributed by atoms with Gasteiger partial charge in [-0.3, -0.25) is 4.79 Å². The van der Waals surface area contributed by atoms with Crippen LogP contribution in [-0.2, 0) is 32.1 Å². The minimum Gasteiger partial charge on any atom is -0.467 e. The van der Waals surface area contributed by atoms with E-state index in [2.05, 4.69) is 20.6 Å². The molecule has 3 N–H and O–H groups in total. The molecule has 162 valence electrons. The fraction of sp³-hybridized carbons (Fsp3) is 0.429. The second-order valence-corrected chi connectivity index (χ2v) is 7.25. The number of carbonyl (C=O) groups is 3. The van der Waals surface area contributed by atoms with Crippen molar-refractivity contribution in [3.05, 3.63) is 54.1 Å². The van der Waals surface area contributed by atoms with Crippen molar-refractivity contribution in [2.75, 3.05) is 7.11 Å². The van der Waals surface area contributed by atoms with Crippen molar-refractivity contribution in [3.63, 3.8) is 0 Å². The van der Waals surface area contributed by atoms with E-state index in [4.69, 9.17) is 9.47 Å². The zero-order chi connectivity index (χ0) is 21.9. The molecule has 0 aliphatic heterocycles. The number of hydrogen-bond donors (Lipinski definition) is 3. The van der Waals surface area contributed by atoms with E-state index >= 15 is 0 Å². The van der Waals surface area contributed by atoms with Crippen LogP contribution >= 0.6 is 0 Å². The van der Waals surface area contributed by atoms with Crippen LogP contribution in [0.1, 0.15) is 31.5 Å². The number of nitrogens with one attached hydrogen (secondary N) is 3. The van der Waals surface area contributed by atoms with Crippen LogP contribution in [0.4, 0.5) is 4.79 Å². The predicted octanol–water partition coefficient (Wildman–Crippen LogP) is 1.95. The number of imidazole rings is 1. The molecule has 0 spiro atoms. The Kier molecular flexibility index (Phi) is 8.86. The van der Waals surface area contributed by atoms with E-state index in [1.165, 1.54) is 13.4 Å². The smallest absolute Gasteiger partial charge is 0.408 e. The van der Waals surface area contributed by atoms with Crippen LogP contribution in [0.5, 0.6) is 0 Å². The highest BCUT2D eigenvalue weighted by Gasteiger charge is 2.28. The minimum absolute atomic E-state index is 0.0906. The Morgan fingerprint density at radius 1 is 1.10 bits per heavy atom. The minimum atomic E-state index is -0.917.